The van der Waals surface area contributed by atoms with Crippen LogP contribution >= 0.6 is 0 Å². The molecule has 0 fully saturated rings. The van der Waals surface area contributed by atoms with Gasteiger partial charge in [0.05, 0.1) is 12.2 Å². The molecule has 0 aliphatic rings. The molecule has 78 valence electrons. The molecule has 1 aromatic heterocycles. The quantitative estimate of drug-likeness (QED) is 0.457. The number of amides is 1. The van der Waals surface area contributed by atoms with Crippen molar-refractivity contribution in [1.29, 1.82) is 0 Å². The topological polar surface area (TPSA) is 77.2 Å². The van der Waals surface area contributed by atoms with Crippen molar-refractivity contribution in [2.45, 2.75) is 0 Å². The number of aliphatic hydroxyl groups is 1. The van der Waals surface area contributed by atoms with Gasteiger partial charge in [0, 0.05) is 32.0 Å². The number of aliphatic hydroxyl groups excluding tert-OH is 1. The zero-order valence-corrected chi connectivity index (χ0v) is 7.92. The van der Waals surface area contributed by atoms with Crippen LogP contribution in [0.2, 0.25) is 0 Å². The lowest BCUT2D eigenvalue weighted by molar-refractivity contribution is 0.0954. The summed E-state index contributed by atoms with van der Waals surface area (Å²) >= 11 is 0. The van der Waals surface area contributed by atoms with Gasteiger partial charge in [-0.25, -0.2) is 0 Å². The summed E-state index contributed by atoms with van der Waals surface area (Å²) in [6.45, 7) is 1.90. The fourth-order valence-electron chi connectivity index (χ4n) is 1.04. The standard InChI is InChI=1S/C9H15N3O2/c13-6-5-10-3-4-12-9(14)8-1-2-11-7-8/h1-2,7,10-11,13H,3-6H2,(H,12,14). The van der Waals surface area contributed by atoms with Crippen molar-refractivity contribution in [3.05, 3.63) is 24.0 Å². The fourth-order valence-corrected chi connectivity index (χ4v) is 1.04. The third kappa shape index (κ3) is 3.59. The normalized spacial score (nSPS) is 10.1. The van der Waals surface area contributed by atoms with Crippen LogP contribution in [0.15, 0.2) is 18.5 Å². The van der Waals surface area contributed by atoms with E-state index in [9.17, 15) is 4.79 Å². The molecule has 1 rings (SSSR count). The Balaban J connectivity index is 2.10. The number of rotatable bonds is 6. The Bertz CT molecular complexity index is 259. The van der Waals surface area contributed by atoms with Gasteiger partial charge in [0.15, 0.2) is 0 Å². The Morgan fingerprint density at radius 1 is 1.43 bits per heavy atom. The third-order valence-electron chi connectivity index (χ3n) is 1.74. The second-order valence-electron chi connectivity index (χ2n) is 2.83. The van der Waals surface area contributed by atoms with Crippen LogP contribution in [0.5, 0.6) is 0 Å². The molecule has 0 aliphatic carbocycles. The van der Waals surface area contributed by atoms with Crippen LogP contribution in [0.3, 0.4) is 0 Å². The first-order valence-corrected chi connectivity index (χ1v) is 4.57. The fraction of sp³-hybridized carbons (Fsp3) is 0.444. The van der Waals surface area contributed by atoms with Gasteiger partial charge in [-0.2, -0.15) is 0 Å². The van der Waals surface area contributed by atoms with Crippen molar-refractivity contribution in [1.82, 2.24) is 15.6 Å². The Morgan fingerprint density at radius 2 is 2.29 bits per heavy atom. The van der Waals surface area contributed by atoms with Crippen molar-refractivity contribution >= 4 is 5.91 Å². The maximum atomic E-state index is 11.3. The molecule has 0 atom stereocenters. The van der Waals surface area contributed by atoms with Gasteiger partial charge in [0.1, 0.15) is 0 Å². The number of carbonyl (C=O) groups excluding carboxylic acids is 1. The predicted molar refractivity (Wildman–Crippen MR) is 53.1 cm³/mol. The average Bonchev–Trinajstić information content (AvgIpc) is 2.70. The van der Waals surface area contributed by atoms with E-state index in [-0.39, 0.29) is 12.5 Å². The maximum absolute atomic E-state index is 11.3. The smallest absolute Gasteiger partial charge is 0.252 e. The van der Waals surface area contributed by atoms with E-state index in [1.54, 1.807) is 18.5 Å². The van der Waals surface area contributed by atoms with E-state index in [4.69, 9.17) is 5.11 Å². The lowest BCUT2D eigenvalue weighted by Crippen LogP contribution is -2.32. The van der Waals surface area contributed by atoms with Crippen LogP contribution in [0.4, 0.5) is 0 Å². The van der Waals surface area contributed by atoms with E-state index in [0.717, 1.165) is 0 Å². The molecule has 1 aromatic rings. The number of H-pyrrole nitrogens is 1. The second-order valence-corrected chi connectivity index (χ2v) is 2.83. The van der Waals surface area contributed by atoms with Crippen molar-refractivity contribution in [3.63, 3.8) is 0 Å². The molecule has 4 N–H and O–H groups in total. The molecule has 0 spiro atoms. The van der Waals surface area contributed by atoms with Crippen LogP contribution < -0.4 is 10.6 Å². The van der Waals surface area contributed by atoms with Gasteiger partial charge < -0.3 is 20.7 Å². The highest BCUT2D eigenvalue weighted by atomic mass is 16.3. The molecular formula is C9H15N3O2. The number of hydrogen-bond acceptors (Lipinski definition) is 3. The molecule has 0 aliphatic heterocycles. The van der Waals surface area contributed by atoms with Gasteiger partial charge >= 0.3 is 0 Å². The zero-order chi connectivity index (χ0) is 10.2. The summed E-state index contributed by atoms with van der Waals surface area (Å²) in [5, 5.41) is 14.2. The summed E-state index contributed by atoms with van der Waals surface area (Å²) in [5.74, 6) is -0.0861. The molecule has 0 radical (unpaired) electrons. The van der Waals surface area contributed by atoms with Crippen LogP contribution in [0, 0.1) is 0 Å². The minimum absolute atomic E-state index is 0.0861. The maximum Gasteiger partial charge on any atom is 0.252 e. The summed E-state index contributed by atoms with van der Waals surface area (Å²) in [6.07, 6.45) is 3.36. The molecular weight excluding hydrogens is 182 g/mol. The van der Waals surface area contributed by atoms with E-state index in [0.29, 0.717) is 25.2 Å². The van der Waals surface area contributed by atoms with E-state index in [1.807, 2.05) is 0 Å². The minimum Gasteiger partial charge on any atom is -0.395 e. The van der Waals surface area contributed by atoms with E-state index in [2.05, 4.69) is 15.6 Å². The lowest BCUT2D eigenvalue weighted by atomic mass is 10.3. The summed E-state index contributed by atoms with van der Waals surface area (Å²) < 4.78 is 0. The molecule has 0 saturated carbocycles. The summed E-state index contributed by atoms with van der Waals surface area (Å²) in [7, 11) is 0. The van der Waals surface area contributed by atoms with E-state index in [1.165, 1.54) is 0 Å². The minimum atomic E-state index is -0.0861. The van der Waals surface area contributed by atoms with Crippen molar-refractivity contribution in [3.8, 4) is 0 Å². The van der Waals surface area contributed by atoms with Crippen LogP contribution in [0.25, 0.3) is 0 Å². The van der Waals surface area contributed by atoms with Gasteiger partial charge in [-0.3, -0.25) is 4.79 Å². The molecule has 0 saturated heterocycles. The summed E-state index contributed by atoms with van der Waals surface area (Å²) in [4.78, 5) is 14.1. The number of carbonyl (C=O) groups is 1. The Labute approximate surface area is 82.5 Å². The Hall–Kier alpha value is -1.33. The van der Waals surface area contributed by atoms with Gasteiger partial charge in [-0.15, -0.1) is 0 Å². The molecule has 0 unspecified atom stereocenters. The second kappa shape index (κ2) is 6.17. The van der Waals surface area contributed by atoms with Crippen molar-refractivity contribution in [2.24, 2.45) is 0 Å². The zero-order valence-electron chi connectivity index (χ0n) is 7.92. The third-order valence-corrected chi connectivity index (χ3v) is 1.74. The summed E-state index contributed by atoms with van der Waals surface area (Å²) in [6, 6.07) is 1.72. The first-order chi connectivity index (χ1) is 6.84. The van der Waals surface area contributed by atoms with Crippen molar-refractivity contribution in [2.75, 3.05) is 26.2 Å². The highest BCUT2D eigenvalue weighted by Gasteiger charge is 2.02. The molecule has 0 aromatic carbocycles. The SMILES string of the molecule is O=C(NCCNCCO)c1cc[nH]c1. The highest BCUT2D eigenvalue weighted by Crippen LogP contribution is 1.94. The average molecular weight is 197 g/mol. The number of nitrogens with one attached hydrogen (secondary N) is 3. The number of hydrogen-bond donors (Lipinski definition) is 4. The molecule has 1 amide bonds. The largest absolute Gasteiger partial charge is 0.395 e. The Morgan fingerprint density at radius 3 is 2.93 bits per heavy atom. The molecule has 0 bridgehead atoms. The van der Waals surface area contributed by atoms with Gasteiger partial charge in [0.2, 0.25) is 0 Å². The molecule has 5 nitrogen and oxygen atoms in total. The van der Waals surface area contributed by atoms with Crippen LogP contribution in [-0.2, 0) is 0 Å². The molecule has 14 heavy (non-hydrogen) atoms. The lowest BCUT2D eigenvalue weighted by Gasteiger charge is -2.04. The van der Waals surface area contributed by atoms with E-state index >= 15 is 0 Å². The number of aromatic nitrogens is 1. The molecule has 1 heterocycles. The summed E-state index contributed by atoms with van der Waals surface area (Å²) in [5.41, 5.74) is 0.632. The van der Waals surface area contributed by atoms with E-state index < -0.39 is 0 Å². The highest BCUT2D eigenvalue weighted by molar-refractivity contribution is 5.93. The number of aromatic amines is 1. The van der Waals surface area contributed by atoms with Crippen LogP contribution in [0.1, 0.15) is 10.4 Å². The first kappa shape index (κ1) is 10.7. The van der Waals surface area contributed by atoms with Gasteiger partial charge in [0.25, 0.3) is 5.91 Å². The van der Waals surface area contributed by atoms with Gasteiger partial charge in [-0.05, 0) is 6.07 Å². The van der Waals surface area contributed by atoms with Crippen LogP contribution in [-0.4, -0.2) is 42.2 Å². The van der Waals surface area contributed by atoms with Gasteiger partial charge in [-0.1, -0.05) is 0 Å². The molecule has 5 heteroatoms. The van der Waals surface area contributed by atoms with Crippen molar-refractivity contribution < 1.29 is 9.90 Å². The monoisotopic (exact) mass is 197 g/mol. The Kier molecular flexibility index (Phi) is 4.74. The predicted octanol–water partition coefficient (Wildman–Crippen LogP) is -0.674. The first-order valence-electron chi connectivity index (χ1n) is 4.57.